The minimum atomic E-state index is -3.97. The Hall–Kier alpha value is -0.700. The van der Waals surface area contributed by atoms with Gasteiger partial charge in [0, 0.05) is 12.8 Å². The fourth-order valence-electron chi connectivity index (χ4n) is 1.82. The number of nitrogens with one attached hydrogen (secondary N) is 1. The lowest BCUT2D eigenvalue weighted by Gasteiger charge is -2.14. The van der Waals surface area contributed by atoms with Gasteiger partial charge in [-0.3, -0.25) is 0 Å². The smallest absolute Gasteiger partial charge is 0.228 e. The van der Waals surface area contributed by atoms with Crippen molar-refractivity contribution in [1.29, 1.82) is 0 Å². The first kappa shape index (κ1) is 15.7. The number of sulfone groups is 1. The summed E-state index contributed by atoms with van der Waals surface area (Å²) in [6, 6.07) is 2.91. The van der Waals surface area contributed by atoms with Gasteiger partial charge in [-0.15, -0.1) is 0 Å². The zero-order chi connectivity index (χ0) is 15.2. The number of hydrogen-bond donors (Lipinski definition) is 1. The molecule has 9 heteroatoms. The summed E-state index contributed by atoms with van der Waals surface area (Å²) in [4.78, 5) is -0.273. The van der Waals surface area contributed by atoms with Crippen molar-refractivity contribution in [3.63, 3.8) is 0 Å². The van der Waals surface area contributed by atoms with Gasteiger partial charge < -0.3 is 0 Å². The van der Waals surface area contributed by atoms with E-state index >= 15 is 0 Å². The van der Waals surface area contributed by atoms with Crippen molar-refractivity contribution in [2.24, 2.45) is 0 Å². The predicted octanol–water partition coefficient (Wildman–Crippen LogP) is 1.33. The lowest BCUT2D eigenvalue weighted by Crippen LogP contribution is -2.38. The minimum Gasteiger partial charge on any atom is -0.228 e. The standard InChI is InChI=1S/C11H13ClFNO4S2/c1-19(15,16)11(4-5-11)7-14-20(17,18)10-3-2-8(13)6-9(10)12/h2-3,6,14H,4-5,7H2,1H3. The molecule has 0 heterocycles. The molecule has 0 saturated heterocycles. The molecule has 5 nitrogen and oxygen atoms in total. The van der Waals surface area contributed by atoms with Crippen LogP contribution in [0.1, 0.15) is 12.8 Å². The Morgan fingerprint density at radius 1 is 1.30 bits per heavy atom. The van der Waals surface area contributed by atoms with E-state index in [0.717, 1.165) is 24.5 Å². The molecular weight excluding hydrogens is 329 g/mol. The van der Waals surface area contributed by atoms with Gasteiger partial charge in [0.1, 0.15) is 10.7 Å². The highest BCUT2D eigenvalue weighted by Crippen LogP contribution is 2.42. The van der Waals surface area contributed by atoms with Gasteiger partial charge in [0.2, 0.25) is 10.0 Å². The number of benzene rings is 1. The van der Waals surface area contributed by atoms with Crippen molar-refractivity contribution in [1.82, 2.24) is 4.72 Å². The largest absolute Gasteiger partial charge is 0.242 e. The molecule has 2 rings (SSSR count). The fraction of sp³-hybridized carbons (Fsp3) is 0.455. The maximum absolute atomic E-state index is 12.9. The molecule has 0 unspecified atom stereocenters. The zero-order valence-corrected chi connectivity index (χ0v) is 12.9. The number of halogens is 2. The normalized spacial score (nSPS) is 17.9. The van der Waals surface area contributed by atoms with Crippen LogP contribution in [0.5, 0.6) is 0 Å². The zero-order valence-electron chi connectivity index (χ0n) is 10.6. The third-order valence-corrected chi connectivity index (χ3v) is 7.37. The first-order valence-corrected chi connectivity index (χ1v) is 9.47. The van der Waals surface area contributed by atoms with Crippen LogP contribution in [0.3, 0.4) is 0 Å². The summed E-state index contributed by atoms with van der Waals surface area (Å²) >= 11 is 5.69. The van der Waals surface area contributed by atoms with Crippen LogP contribution in [0.15, 0.2) is 23.1 Å². The quantitative estimate of drug-likeness (QED) is 0.876. The molecule has 1 N–H and O–H groups in total. The second-order valence-electron chi connectivity index (χ2n) is 4.85. The summed E-state index contributed by atoms with van der Waals surface area (Å²) in [5, 5.41) is -0.248. The van der Waals surface area contributed by atoms with E-state index in [1.807, 2.05) is 0 Å². The molecule has 0 aliphatic heterocycles. The number of rotatable bonds is 5. The van der Waals surface area contributed by atoms with Crippen molar-refractivity contribution in [3.05, 3.63) is 29.0 Å². The SMILES string of the molecule is CS(=O)(=O)C1(CNS(=O)(=O)c2ccc(F)cc2Cl)CC1. The molecule has 20 heavy (non-hydrogen) atoms. The molecule has 1 aliphatic rings. The van der Waals surface area contributed by atoms with Gasteiger partial charge in [-0.2, -0.15) is 0 Å². The molecule has 0 aromatic heterocycles. The second kappa shape index (κ2) is 4.94. The van der Waals surface area contributed by atoms with Crippen molar-refractivity contribution in [2.75, 3.05) is 12.8 Å². The molecule has 0 atom stereocenters. The minimum absolute atomic E-state index is 0.206. The van der Waals surface area contributed by atoms with Crippen LogP contribution in [0.2, 0.25) is 5.02 Å². The molecule has 1 saturated carbocycles. The molecule has 1 fully saturated rings. The van der Waals surface area contributed by atoms with Crippen LogP contribution < -0.4 is 4.72 Å². The highest BCUT2D eigenvalue weighted by atomic mass is 35.5. The van der Waals surface area contributed by atoms with E-state index < -0.39 is 30.4 Å². The van der Waals surface area contributed by atoms with Crippen molar-refractivity contribution < 1.29 is 21.2 Å². The molecule has 1 aromatic rings. The number of sulfonamides is 1. The predicted molar refractivity (Wildman–Crippen MR) is 73.4 cm³/mol. The lowest BCUT2D eigenvalue weighted by atomic mass is 10.3. The van der Waals surface area contributed by atoms with E-state index in [0.29, 0.717) is 12.8 Å². The van der Waals surface area contributed by atoms with Crippen LogP contribution in [-0.2, 0) is 19.9 Å². The van der Waals surface area contributed by atoms with E-state index in [1.165, 1.54) is 0 Å². The van der Waals surface area contributed by atoms with Crippen LogP contribution in [0.4, 0.5) is 4.39 Å². The Balaban J connectivity index is 2.21. The van der Waals surface area contributed by atoms with Crippen LogP contribution in [0.25, 0.3) is 0 Å². The highest BCUT2D eigenvalue weighted by Gasteiger charge is 2.52. The Morgan fingerprint density at radius 3 is 2.35 bits per heavy atom. The summed E-state index contributed by atoms with van der Waals surface area (Å²) in [7, 11) is -7.31. The molecule has 1 aromatic carbocycles. The third-order valence-electron chi connectivity index (χ3n) is 3.36. The fourth-order valence-corrected chi connectivity index (χ4v) is 4.74. The van der Waals surface area contributed by atoms with Gasteiger partial charge in [0.15, 0.2) is 9.84 Å². The molecule has 0 spiro atoms. The summed E-state index contributed by atoms with van der Waals surface area (Å²) < 4.78 is 61.4. The van der Waals surface area contributed by atoms with E-state index in [2.05, 4.69) is 4.72 Å². The Bertz CT molecular complexity index is 742. The Kier molecular flexibility index (Phi) is 3.87. The molecule has 0 bridgehead atoms. The van der Waals surface area contributed by atoms with E-state index in [9.17, 15) is 21.2 Å². The van der Waals surface area contributed by atoms with Gasteiger partial charge in [-0.1, -0.05) is 11.6 Å². The molecule has 0 amide bonds. The van der Waals surface area contributed by atoms with Gasteiger partial charge in [-0.25, -0.2) is 25.9 Å². The topological polar surface area (TPSA) is 80.3 Å². The van der Waals surface area contributed by atoms with E-state index in [1.54, 1.807) is 0 Å². The monoisotopic (exact) mass is 341 g/mol. The molecule has 112 valence electrons. The maximum Gasteiger partial charge on any atom is 0.242 e. The average molecular weight is 342 g/mol. The summed E-state index contributed by atoms with van der Waals surface area (Å²) in [5.74, 6) is -0.649. The highest BCUT2D eigenvalue weighted by molar-refractivity contribution is 7.92. The summed E-state index contributed by atoms with van der Waals surface area (Å²) in [6.45, 7) is -0.206. The summed E-state index contributed by atoms with van der Waals surface area (Å²) in [6.07, 6.45) is 1.93. The maximum atomic E-state index is 12.9. The lowest BCUT2D eigenvalue weighted by molar-refractivity contribution is 0.566. The second-order valence-corrected chi connectivity index (χ2v) is 9.41. The first-order valence-electron chi connectivity index (χ1n) is 5.72. The van der Waals surface area contributed by atoms with E-state index in [4.69, 9.17) is 11.6 Å². The third kappa shape index (κ3) is 2.98. The molecule has 0 radical (unpaired) electrons. The summed E-state index contributed by atoms with van der Waals surface area (Å²) in [5.41, 5.74) is 0. The van der Waals surface area contributed by atoms with Crippen molar-refractivity contribution in [2.45, 2.75) is 22.5 Å². The van der Waals surface area contributed by atoms with Crippen LogP contribution >= 0.6 is 11.6 Å². The van der Waals surface area contributed by atoms with Crippen molar-refractivity contribution in [3.8, 4) is 0 Å². The van der Waals surface area contributed by atoms with Crippen LogP contribution in [-0.4, -0.2) is 34.4 Å². The van der Waals surface area contributed by atoms with E-state index in [-0.39, 0.29) is 16.5 Å². The van der Waals surface area contributed by atoms with Gasteiger partial charge >= 0.3 is 0 Å². The Labute approximate surface area is 122 Å². The molecule has 1 aliphatic carbocycles. The van der Waals surface area contributed by atoms with Crippen LogP contribution in [0, 0.1) is 5.82 Å². The first-order chi connectivity index (χ1) is 9.07. The number of hydrogen-bond acceptors (Lipinski definition) is 4. The van der Waals surface area contributed by atoms with Gasteiger partial charge in [-0.05, 0) is 31.0 Å². The van der Waals surface area contributed by atoms with Gasteiger partial charge in [0.05, 0.1) is 9.77 Å². The van der Waals surface area contributed by atoms with Crippen molar-refractivity contribution >= 4 is 31.5 Å². The molecular formula is C11H13ClFNO4S2. The Morgan fingerprint density at radius 2 is 1.90 bits per heavy atom. The average Bonchev–Trinajstić information content (AvgIpc) is 3.06. The van der Waals surface area contributed by atoms with Gasteiger partial charge in [0.25, 0.3) is 0 Å².